The van der Waals surface area contributed by atoms with Gasteiger partial charge in [-0.3, -0.25) is 0 Å². The Morgan fingerprint density at radius 2 is 2.25 bits per heavy atom. The summed E-state index contributed by atoms with van der Waals surface area (Å²) >= 11 is 5.98. The molecule has 0 saturated heterocycles. The highest BCUT2D eigenvalue weighted by Gasteiger charge is 2.19. The molecule has 0 aromatic carbocycles. The number of sulfone groups is 1. The van der Waals surface area contributed by atoms with Crippen LogP contribution in [0, 0.1) is 0 Å². The number of aliphatic hydroxyl groups is 1. The zero-order valence-corrected chi connectivity index (χ0v) is 13.5. The number of hydrogen-bond donors (Lipinski definition) is 1. The third kappa shape index (κ3) is 5.69. The van der Waals surface area contributed by atoms with Crippen molar-refractivity contribution in [2.45, 2.75) is 26.2 Å². The molecule has 0 aliphatic carbocycles. The number of aliphatic hydroxyl groups excluding tert-OH is 1. The molecule has 0 saturated carbocycles. The van der Waals surface area contributed by atoms with Crippen LogP contribution in [0.15, 0.2) is 34.7 Å². The van der Waals surface area contributed by atoms with Crippen LogP contribution >= 0.6 is 11.6 Å². The Labute approximate surface area is 126 Å². The smallest absolute Gasteiger partial charge is 0.147 e. The molecule has 1 aliphatic rings. The van der Waals surface area contributed by atoms with E-state index in [1.54, 1.807) is 0 Å². The number of allylic oxidation sites excluding steroid dienone is 4. The summed E-state index contributed by atoms with van der Waals surface area (Å²) < 4.78 is 22.3. The minimum atomic E-state index is -2.95. The fourth-order valence-corrected chi connectivity index (χ4v) is 2.73. The number of nitrogens with zero attached hydrogens (tertiary/aromatic N) is 1. The molecule has 0 spiro atoms. The summed E-state index contributed by atoms with van der Waals surface area (Å²) in [6.45, 7) is 2.53. The van der Waals surface area contributed by atoms with Crippen molar-refractivity contribution < 1.29 is 13.5 Å². The molecule has 1 heterocycles. The zero-order valence-electron chi connectivity index (χ0n) is 12.0. The van der Waals surface area contributed by atoms with Crippen molar-refractivity contribution in [2.75, 3.05) is 25.2 Å². The molecule has 0 atom stereocenters. The summed E-state index contributed by atoms with van der Waals surface area (Å²) in [5.41, 5.74) is 1.86. The van der Waals surface area contributed by atoms with E-state index in [-0.39, 0.29) is 12.4 Å². The van der Waals surface area contributed by atoms with Gasteiger partial charge >= 0.3 is 0 Å². The van der Waals surface area contributed by atoms with Gasteiger partial charge in [0.25, 0.3) is 0 Å². The van der Waals surface area contributed by atoms with Gasteiger partial charge in [-0.2, -0.15) is 0 Å². The van der Waals surface area contributed by atoms with E-state index in [0.29, 0.717) is 13.0 Å². The Morgan fingerprint density at radius 1 is 1.55 bits per heavy atom. The first-order chi connectivity index (χ1) is 9.37. The molecule has 0 bridgehead atoms. The van der Waals surface area contributed by atoms with Crippen molar-refractivity contribution in [3.63, 3.8) is 0 Å². The van der Waals surface area contributed by atoms with Crippen molar-refractivity contribution in [2.24, 2.45) is 0 Å². The average molecular weight is 320 g/mol. The van der Waals surface area contributed by atoms with Crippen LogP contribution in [0.25, 0.3) is 0 Å². The first-order valence-electron chi connectivity index (χ1n) is 6.67. The van der Waals surface area contributed by atoms with Gasteiger partial charge in [-0.15, -0.1) is 0 Å². The molecule has 114 valence electrons. The Bertz CT molecular complexity index is 521. The third-order valence-corrected chi connectivity index (χ3v) is 4.52. The third-order valence-electron chi connectivity index (χ3n) is 3.09. The van der Waals surface area contributed by atoms with Gasteiger partial charge in [0.1, 0.15) is 9.84 Å². The molecule has 1 rings (SSSR count). The first-order valence-corrected chi connectivity index (χ1v) is 9.11. The second-order valence-corrected chi connectivity index (χ2v) is 7.56. The van der Waals surface area contributed by atoms with Gasteiger partial charge in [-0.1, -0.05) is 24.6 Å². The lowest BCUT2D eigenvalue weighted by molar-refractivity contribution is 0.284. The van der Waals surface area contributed by atoms with Crippen molar-refractivity contribution in [1.82, 2.24) is 4.90 Å². The fourth-order valence-electron chi connectivity index (χ4n) is 2.01. The monoisotopic (exact) mass is 319 g/mol. The lowest BCUT2D eigenvalue weighted by atomic mass is 10.3. The van der Waals surface area contributed by atoms with E-state index in [9.17, 15) is 13.5 Å². The number of halogens is 1. The standard InChI is InChI=1S/C14H22ClNO3S/c1-3-12(15)5-6-13-7-8-14(11-17)16(13)9-4-10-20(2,18)19/h5-6,8,17H,3-4,7,9-11H2,1-2H3/b12-5+,13-6+. The highest BCUT2D eigenvalue weighted by Crippen LogP contribution is 2.26. The van der Waals surface area contributed by atoms with Gasteiger partial charge in [0.05, 0.1) is 12.4 Å². The predicted molar refractivity (Wildman–Crippen MR) is 83.1 cm³/mol. The minimum Gasteiger partial charge on any atom is -0.390 e. The molecule has 0 fully saturated rings. The van der Waals surface area contributed by atoms with Crippen LogP contribution in [0.3, 0.4) is 0 Å². The van der Waals surface area contributed by atoms with E-state index in [1.807, 2.05) is 30.1 Å². The molecule has 0 unspecified atom stereocenters. The van der Waals surface area contributed by atoms with Gasteiger partial charge in [0, 0.05) is 35.6 Å². The van der Waals surface area contributed by atoms with Crippen LogP contribution in [0.2, 0.25) is 0 Å². The van der Waals surface area contributed by atoms with E-state index < -0.39 is 9.84 Å². The summed E-state index contributed by atoms with van der Waals surface area (Å²) in [4.78, 5) is 1.97. The molecular weight excluding hydrogens is 298 g/mol. The van der Waals surface area contributed by atoms with Crippen LogP contribution in [0.1, 0.15) is 26.2 Å². The molecule has 0 aromatic rings. The van der Waals surface area contributed by atoms with E-state index in [2.05, 4.69) is 0 Å². The molecule has 20 heavy (non-hydrogen) atoms. The van der Waals surface area contributed by atoms with Crippen molar-refractivity contribution in [1.29, 1.82) is 0 Å². The molecule has 1 aliphatic heterocycles. The Morgan fingerprint density at radius 3 is 2.80 bits per heavy atom. The molecule has 0 radical (unpaired) electrons. The zero-order chi connectivity index (χ0) is 15.2. The van der Waals surface area contributed by atoms with E-state index in [1.165, 1.54) is 6.26 Å². The van der Waals surface area contributed by atoms with E-state index in [0.717, 1.165) is 29.3 Å². The lowest BCUT2D eigenvalue weighted by Crippen LogP contribution is -2.23. The summed E-state index contributed by atoms with van der Waals surface area (Å²) in [6, 6.07) is 0. The maximum absolute atomic E-state index is 11.2. The highest BCUT2D eigenvalue weighted by atomic mass is 35.5. The second kappa shape index (κ2) is 7.86. The SMILES string of the molecule is CC/C(Cl)=C\C=C1/CC=C(CO)N1CCCS(C)(=O)=O. The van der Waals surface area contributed by atoms with Gasteiger partial charge in [0.15, 0.2) is 0 Å². The first kappa shape index (κ1) is 17.3. The van der Waals surface area contributed by atoms with Gasteiger partial charge in [0.2, 0.25) is 0 Å². The van der Waals surface area contributed by atoms with E-state index in [4.69, 9.17) is 11.6 Å². The van der Waals surface area contributed by atoms with Crippen molar-refractivity contribution in [3.8, 4) is 0 Å². The van der Waals surface area contributed by atoms with Crippen LogP contribution in [0.5, 0.6) is 0 Å². The van der Waals surface area contributed by atoms with E-state index >= 15 is 0 Å². The minimum absolute atomic E-state index is 0.0402. The van der Waals surface area contributed by atoms with Gasteiger partial charge in [-0.25, -0.2) is 8.42 Å². The topological polar surface area (TPSA) is 57.6 Å². The lowest BCUT2D eigenvalue weighted by Gasteiger charge is -2.23. The van der Waals surface area contributed by atoms with Crippen LogP contribution in [-0.2, 0) is 9.84 Å². The summed E-state index contributed by atoms with van der Waals surface area (Å²) in [5.74, 6) is 0.154. The van der Waals surface area contributed by atoms with Crippen LogP contribution in [0.4, 0.5) is 0 Å². The molecule has 0 aromatic heterocycles. The summed E-state index contributed by atoms with van der Waals surface area (Å²) in [6.07, 6.45) is 9.04. The second-order valence-electron chi connectivity index (χ2n) is 4.82. The number of hydrogen-bond acceptors (Lipinski definition) is 4. The van der Waals surface area contributed by atoms with Crippen LogP contribution in [-0.4, -0.2) is 43.6 Å². The molecule has 6 heteroatoms. The highest BCUT2D eigenvalue weighted by molar-refractivity contribution is 7.90. The quantitative estimate of drug-likeness (QED) is 0.783. The average Bonchev–Trinajstić information content (AvgIpc) is 2.76. The Balaban J connectivity index is 2.72. The van der Waals surface area contributed by atoms with Crippen molar-refractivity contribution >= 4 is 21.4 Å². The van der Waals surface area contributed by atoms with Gasteiger partial charge in [-0.05, 0) is 25.0 Å². The van der Waals surface area contributed by atoms with Crippen molar-refractivity contribution in [3.05, 3.63) is 34.7 Å². The fraction of sp³-hybridized carbons (Fsp3) is 0.571. The molecular formula is C14H22ClNO3S. The maximum atomic E-state index is 11.2. The number of rotatable bonds is 7. The molecule has 0 amide bonds. The normalized spacial score (nSPS) is 18.8. The summed E-state index contributed by atoms with van der Waals surface area (Å²) in [7, 11) is -2.95. The maximum Gasteiger partial charge on any atom is 0.147 e. The Hall–Kier alpha value is -0.780. The molecule has 1 N–H and O–H groups in total. The largest absolute Gasteiger partial charge is 0.390 e. The predicted octanol–water partition coefficient (Wildman–Crippen LogP) is 2.42. The van der Waals surface area contributed by atoms with Crippen LogP contribution < -0.4 is 0 Å². The summed E-state index contributed by atoms with van der Waals surface area (Å²) in [5, 5.41) is 10.1. The molecule has 4 nitrogen and oxygen atoms in total. The van der Waals surface area contributed by atoms with Gasteiger partial charge < -0.3 is 10.0 Å². The Kier molecular flexibility index (Phi) is 6.79.